The molecule has 3 nitrogen and oxygen atoms in total. The molecule has 3 heteroatoms. The van der Waals surface area contributed by atoms with Crippen molar-refractivity contribution in [3.63, 3.8) is 0 Å². The van der Waals surface area contributed by atoms with Crippen molar-refractivity contribution in [2.75, 3.05) is 6.61 Å². The van der Waals surface area contributed by atoms with Gasteiger partial charge in [0.1, 0.15) is 0 Å². The summed E-state index contributed by atoms with van der Waals surface area (Å²) < 4.78 is 5.85. The van der Waals surface area contributed by atoms with E-state index in [4.69, 9.17) is 9.94 Å². The van der Waals surface area contributed by atoms with Crippen molar-refractivity contribution in [3.05, 3.63) is 0 Å². The van der Waals surface area contributed by atoms with Crippen LogP contribution in [0.2, 0.25) is 0 Å². The maximum absolute atomic E-state index is 8.61. The molecule has 1 atom stereocenters. The van der Waals surface area contributed by atoms with Gasteiger partial charge < -0.3 is 9.94 Å². The van der Waals surface area contributed by atoms with Crippen LogP contribution in [0.3, 0.4) is 0 Å². The summed E-state index contributed by atoms with van der Waals surface area (Å²) in [6.45, 7) is 5.33. The second-order valence-electron chi connectivity index (χ2n) is 4.59. The first-order valence-electron chi connectivity index (χ1n) is 6.07. The van der Waals surface area contributed by atoms with E-state index in [0.717, 1.165) is 38.0 Å². The molecule has 1 saturated carbocycles. The van der Waals surface area contributed by atoms with Gasteiger partial charge in [0.05, 0.1) is 11.8 Å². The molecule has 0 aromatic rings. The Morgan fingerprint density at radius 3 is 2.67 bits per heavy atom. The molecule has 0 radical (unpaired) electrons. The quantitative estimate of drug-likeness (QED) is 0.563. The third-order valence-corrected chi connectivity index (χ3v) is 3.05. The monoisotopic (exact) mass is 213 g/mol. The predicted octanol–water partition coefficient (Wildman–Crippen LogP) is 3.21. The average molecular weight is 213 g/mol. The van der Waals surface area contributed by atoms with Crippen molar-refractivity contribution < 1.29 is 9.94 Å². The first-order chi connectivity index (χ1) is 7.26. The van der Waals surface area contributed by atoms with Crippen molar-refractivity contribution >= 4 is 5.71 Å². The van der Waals surface area contributed by atoms with E-state index in [2.05, 4.69) is 19.0 Å². The van der Waals surface area contributed by atoms with Gasteiger partial charge in [0.15, 0.2) is 0 Å². The molecule has 0 aromatic heterocycles. The summed E-state index contributed by atoms with van der Waals surface area (Å²) in [5.74, 6) is 0.669. The summed E-state index contributed by atoms with van der Waals surface area (Å²) in [7, 11) is 0. The van der Waals surface area contributed by atoms with E-state index >= 15 is 0 Å². The lowest BCUT2D eigenvalue weighted by molar-refractivity contribution is 0.0192. The molecule has 0 saturated heterocycles. The Labute approximate surface area is 92.5 Å². The van der Waals surface area contributed by atoms with Crippen molar-refractivity contribution in [2.24, 2.45) is 11.1 Å². The number of ether oxygens (including phenoxy) is 1. The van der Waals surface area contributed by atoms with Gasteiger partial charge in [0.25, 0.3) is 0 Å². The van der Waals surface area contributed by atoms with Crippen LogP contribution in [-0.2, 0) is 4.74 Å². The topological polar surface area (TPSA) is 41.8 Å². The lowest BCUT2D eigenvalue weighted by Crippen LogP contribution is -2.23. The highest BCUT2D eigenvalue weighted by molar-refractivity contribution is 5.84. The number of rotatable bonds is 5. The number of nitrogens with zero attached hydrogens (tertiary/aromatic N) is 1. The lowest BCUT2D eigenvalue weighted by Gasteiger charge is -2.24. The molecule has 1 aliphatic rings. The minimum atomic E-state index is 0.384. The summed E-state index contributed by atoms with van der Waals surface area (Å²) in [5.41, 5.74) is 0.927. The zero-order valence-corrected chi connectivity index (χ0v) is 9.91. The third kappa shape index (κ3) is 4.65. The maximum atomic E-state index is 8.61. The van der Waals surface area contributed by atoms with E-state index in [1.54, 1.807) is 0 Å². The van der Waals surface area contributed by atoms with Crippen LogP contribution in [-0.4, -0.2) is 23.6 Å². The van der Waals surface area contributed by atoms with Gasteiger partial charge in [-0.05, 0) is 38.0 Å². The van der Waals surface area contributed by atoms with Crippen molar-refractivity contribution in [2.45, 2.75) is 58.5 Å². The standard InChI is InChI=1S/C12H23NO2/c1-3-4-10(2)9-15-12-7-5-11(13-14)6-8-12/h10,12,14H,3-9H2,1-2H3. The van der Waals surface area contributed by atoms with Gasteiger partial charge in [-0.1, -0.05) is 25.4 Å². The average Bonchev–Trinajstić information content (AvgIpc) is 2.27. The van der Waals surface area contributed by atoms with E-state index < -0.39 is 0 Å². The SMILES string of the molecule is CCCC(C)COC1CCC(=NO)CC1. The predicted molar refractivity (Wildman–Crippen MR) is 61.5 cm³/mol. The van der Waals surface area contributed by atoms with E-state index in [-0.39, 0.29) is 0 Å². The number of hydrogen-bond donors (Lipinski definition) is 1. The van der Waals surface area contributed by atoms with Gasteiger partial charge >= 0.3 is 0 Å². The largest absolute Gasteiger partial charge is 0.411 e. The Bertz CT molecular complexity index is 194. The Hall–Kier alpha value is -0.570. The number of hydrogen-bond acceptors (Lipinski definition) is 3. The molecule has 0 amide bonds. The fourth-order valence-electron chi connectivity index (χ4n) is 2.07. The summed E-state index contributed by atoms with van der Waals surface area (Å²) in [6.07, 6.45) is 6.67. The lowest BCUT2D eigenvalue weighted by atomic mass is 9.95. The second-order valence-corrected chi connectivity index (χ2v) is 4.59. The zero-order valence-electron chi connectivity index (χ0n) is 9.91. The smallest absolute Gasteiger partial charge is 0.0582 e. The molecule has 1 fully saturated rings. The molecule has 15 heavy (non-hydrogen) atoms. The van der Waals surface area contributed by atoms with E-state index in [9.17, 15) is 0 Å². The highest BCUT2D eigenvalue weighted by Gasteiger charge is 2.18. The molecule has 1 unspecified atom stereocenters. The van der Waals surface area contributed by atoms with Crippen LogP contribution in [0, 0.1) is 5.92 Å². The van der Waals surface area contributed by atoms with Gasteiger partial charge in [-0.3, -0.25) is 0 Å². The van der Waals surface area contributed by atoms with Crippen LogP contribution in [0.5, 0.6) is 0 Å². The van der Waals surface area contributed by atoms with Gasteiger partial charge in [-0.2, -0.15) is 0 Å². The minimum Gasteiger partial charge on any atom is -0.411 e. The van der Waals surface area contributed by atoms with Crippen molar-refractivity contribution in [1.29, 1.82) is 0 Å². The van der Waals surface area contributed by atoms with Crippen LogP contribution in [0.1, 0.15) is 52.4 Å². The zero-order chi connectivity index (χ0) is 11.1. The summed E-state index contributed by atoms with van der Waals surface area (Å²) in [5, 5.41) is 11.9. The molecular weight excluding hydrogens is 190 g/mol. The fourth-order valence-corrected chi connectivity index (χ4v) is 2.07. The van der Waals surface area contributed by atoms with E-state index in [0.29, 0.717) is 12.0 Å². The Morgan fingerprint density at radius 2 is 2.13 bits per heavy atom. The summed E-state index contributed by atoms with van der Waals surface area (Å²) >= 11 is 0. The molecule has 1 aliphatic carbocycles. The fraction of sp³-hybridized carbons (Fsp3) is 0.917. The molecule has 0 aromatic carbocycles. The molecule has 0 spiro atoms. The Morgan fingerprint density at radius 1 is 1.47 bits per heavy atom. The first-order valence-corrected chi connectivity index (χ1v) is 6.07. The van der Waals surface area contributed by atoms with Gasteiger partial charge in [0.2, 0.25) is 0 Å². The van der Waals surface area contributed by atoms with Crippen LogP contribution in [0.4, 0.5) is 0 Å². The van der Waals surface area contributed by atoms with Crippen molar-refractivity contribution in [3.8, 4) is 0 Å². The Balaban J connectivity index is 2.13. The molecule has 0 bridgehead atoms. The third-order valence-electron chi connectivity index (χ3n) is 3.05. The maximum Gasteiger partial charge on any atom is 0.0582 e. The minimum absolute atomic E-state index is 0.384. The van der Waals surface area contributed by atoms with Crippen LogP contribution < -0.4 is 0 Å². The van der Waals surface area contributed by atoms with E-state index in [1.807, 2.05) is 0 Å². The van der Waals surface area contributed by atoms with Gasteiger partial charge in [-0.25, -0.2) is 0 Å². The summed E-state index contributed by atoms with van der Waals surface area (Å²) in [4.78, 5) is 0. The van der Waals surface area contributed by atoms with Gasteiger partial charge in [-0.15, -0.1) is 0 Å². The van der Waals surface area contributed by atoms with Crippen LogP contribution >= 0.6 is 0 Å². The molecular formula is C12H23NO2. The highest BCUT2D eigenvalue weighted by Crippen LogP contribution is 2.20. The summed E-state index contributed by atoms with van der Waals surface area (Å²) in [6, 6.07) is 0. The first kappa shape index (κ1) is 12.5. The molecule has 0 heterocycles. The van der Waals surface area contributed by atoms with E-state index in [1.165, 1.54) is 12.8 Å². The van der Waals surface area contributed by atoms with Gasteiger partial charge in [0, 0.05) is 6.61 Å². The van der Waals surface area contributed by atoms with Crippen LogP contribution in [0.25, 0.3) is 0 Å². The molecule has 0 aliphatic heterocycles. The Kier molecular flexibility index (Phi) is 5.69. The molecule has 88 valence electrons. The normalized spacial score (nSPS) is 23.9. The van der Waals surface area contributed by atoms with Crippen LogP contribution in [0.15, 0.2) is 5.16 Å². The molecule has 1 N–H and O–H groups in total. The molecule has 1 rings (SSSR count). The highest BCUT2D eigenvalue weighted by atomic mass is 16.5. The van der Waals surface area contributed by atoms with Crippen molar-refractivity contribution in [1.82, 2.24) is 0 Å². The number of oxime groups is 1. The second kappa shape index (κ2) is 6.83.